The van der Waals surface area contributed by atoms with Gasteiger partial charge in [-0.3, -0.25) is 0 Å². The van der Waals surface area contributed by atoms with Crippen LogP contribution in [0.3, 0.4) is 0 Å². The first kappa shape index (κ1) is 17.7. The van der Waals surface area contributed by atoms with E-state index in [1.807, 2.05) is 51.1 Å². The molecule has 0 saturated carbocycles. The highest BCUT2D eigenvalue weighted by Crippen LogP contribution is 2.25. The normalized spacial score (nSPS) is 18.9. The zero-order chi connectivity index (χ0) is 18.0. The highest BCUT2D eigenvalue weighted by atomic mass is 32.2. The molecule has 0 amide bonds. The minimum absolute atomic E-state index is 0.0171. The van der Waals surface area contributed by atoms with Crippen LogP contribution in [0.1, 0.15) is 24.7 Å². The van der Waals surface area contributed by atoms with Crippen molar-refractivity contribution in [3.63, 3.8) is 0 Å². The van der Waals surface area contributed by atoms with Crippen LogP contribution in [0.4, 0.5) is 17.3 Å². The Labute approximate surface area is 149 Å². The summed E-state index contributed by atoms with van der Waals surface area (Å²) < 4.78 is 23.6. The van der Waals surface area contributed by atoms with Crippen LogP contribution in [0.2, 0.25) is 0 Å². The molecule has 1 atom stereocenters. The fraction of sp³-hybridized carbons (Fsp3) is 0.444. The molecule has 1 fully saturated rings. The Bertz CT molecular complexity index is 850. The number of sulfone groups is 1. The van der Waals surface area contributed by atoms with Crippen molar-refractivity contribution in [2.45, 2.75) is 33.2 Å². The van der Waals surface area contributed by atoms with E-state index in [0.29, 0.717) is 24.6 Å². The van der Waals surface area contributed by atoms with Crippen molar-refractivity contribution in [1.29, 1.82) is 0 Å². The summed E-state index contributed by atoms with van der Waals surface area (Å²) >= 11 is 0. The highest BCUT2D eigenvalue weighted by molar-refractivity contribution is 7.91. The third-order valence-corrected chi connectivity index (χ3v) is 6.18. The van der Waals surface area contributed by atoms with E-state index < -0.39 is 9.84 Å². The average molecular weight is 360 g/mol. The third-order valence-electron chi connectivity index (χ3n) is 4.43. The summed E-state index contributed by atoms with van der Waals surface area (Å²) in [7, 11) is -2.93. The Balaban J connectivity index is 1.86. The Morgan fingerprint density at radius 3 is 2.52 bits per heavy atom. The van der Waals surface area contributed by atoms with Gasteiger partial charge in [-0.2, -0.15) is 0 Å². The van der Waals surface area contributed by atoms with Gasteiger partial charge in [0.25, 0.3) is 0 Å². The SMILES string of the molecule is CCN(c1cc(Nc2ccc(C)cc2)nc(C)n1)C1CCS(=O)(=O)C1. The summed E-state index contributed by atoms with van der Waals surface area (Å²) in [6.45, 7) is 6.63. The lowest BCUT2D eigenvalue weighted by Gasteiger charge is -2.28. The fourth-order valence-electron chi connectivity index (χ4n) is 3.18. The Morgan fingerprint density at radius 2 is 1.92 bits per heavy atom. The molecule has 0 radical (unpaired) electrons. The molecular weight excluding hydrogens is 336 g/mol. The second-order valence-electron chi connectivity index (χ2n) is 6.49. The van der Waals surface area contributed by atoms with Gasteiger partial charge in [-0.1, -0.05) is 17.7 Å². The van der Waals surface area contributed by atoms with Crippen LogP contribution in [0.5, 0.6) is 0 Å². The molecular formula is C18H24N4O2S. The van der Waals surface area contributed by atoms with E-state index in [1.165, 1.54) is 5.56 Å². The third kappa shape index (κ3) is 4.28. The van der Waals surface area contributed by atoms with Gasteiger partial charge in [0.1, 0.15) is 17.5 Å². The lowest BCUT2D eigenvalue weighted by Crippen LogP contribution is -2.36. The van der Waals surface area contributed by atoms with Crippen LogP contribution >= 0.6 is 0 Å². The predicted molar refractivity (Wildman–Crippen MR) is 101 cm³/mol. The molecule has 7 heteroatoms. The number of aryl methyl sites for hydroxylation is 2. The van der Waals surface area contributed by atoms with Gasteiger partial charge in [-0.15, -0.1) is 0 Å². The zero-order valence-electron chi connectivity index (χ0n) is 14.9. The molecule has 1 aromatic carbocycles. The van der Waals surface area contributed by atoms with Gasteiger partial charge in [0.05, 0.1) is 11.5 Å². The largest absolute Gasteiger partial charge is 0.353 e. The molecule has 1 aromatic heterocycles. The summed E-state index contributed by atoms with van der Waals surface area (Å²) in [5, 5.41) is 3.30. The molecule has 1 unspecified atom stereocenters. The predicted octanol–water partition coefficient (Wildman–Crippen LogP) is 2.85. The van der Waals surface area contributed by atoms with Gasteiger partial charge in [-0.25, -0.2) is 18.4 Å². The van der Waals surface area contributed by atoms with Crippen LogP contribution in [0, 0.1) is 13.8 Å². The molecule has 2 heterocycles. The zero-order valence-corrected chi connectivity index (χ0v) is 15.7. The Hall–Kier alpha value is -2.15. The van der Waals surface area contributed by atoms with Crippen molar-refractivity contribution in [2.75, 3.05) is 28.3 Å². The summed E-state index contributed by atoms with van der Waals surface area (Å²) in [5.41, 5.74) is 2.16. The van der Waals surface area contributed by atoms with Crippen LogP contribution in [-0.4, -0.2) is 42.5 Å². The van der Waals surface area contributed by atoms with E-state index in [4.69, 9.17) is 0 Å². The fourth-order valence-corrected chi connectivity index (χ4v) is 4.91. The van der Waals surface area contributed by atoms with E-state index in [1.54, 1.807) is 0 Å². The van der Waals surface area contributed by atoms with Crippen molar-refractivity contribution >= 4 is 27.2 Å². The molecule has 134 valence electrons. The van der Waals surface area contributed by atoms with Gasteiger partial charge < -0.3 is 10.2 Å². The van der Waals surface area contributed by atoms with E-state index in [0.717, 1.165) is 11.5 Å². The van der Waals surface area contributed by atoms with Crippen molar-refractivity contribution in [3.8, 4) is 0 Å². The van der Waals surface area contributed by atoms with Crippen LogP contribution in [0.15, 0.2) is 30.3 Å². The molecule has 1 aliphatic heterocycles. The van der Waals surface area contributed by atoms with Crippen molar-refractivity contribution in [2.24, 2.45) is 0 Å². The first-order valence-electron chi connectivity index (χ1n) is 8.53. The van der Waals surface area contributed by atoms with Gasteiger partial charge in [0.15, 0.2) is 9.84 Å². The lowest BCUT2D eigenvalue weighted by molar-refractivity contribution is 0.599. The van der Waals surface area contributed by atoms with E-state index >= 15 is 0 Å². The quantitative estimate of drug-likeness (QED) is 0.884. The minimum atomic E-state index is -2.93. The maximum Gasteiger partial charge on any atom is 0.152 e. The van der Waals surface area contributed by atoms with E-state index in [-0.39, 0.29) is 17.5 Å². The first-order chi connectivity index (χ1) is 11.9. The first-order valence-corrected chi connectivity index (χ1v) is 10.3. The summed E-state index contributed by atoms with van der Waals surface area (Å²) in [6.07, 6.45) is 0.653. The molecule has 2 aromatic rings. The number of nitrogens with one attached hydrogen (secondary N) is 1. The van der Waals surface area contributed by atoms with Gasteiger partial charge in [0, 0.05) is 24.3 Å². The van der Waals surface area contributed by atoms with Crippen LogP contribution < -0.4 is 10.2 Å². The molecule has 3 rings (SSSR count). The van der Waals surface area contributed by atoms with Gasteiger partial charge in [-0.05, 0) is 39.3 Å². The number of hydrogen-bond acceptors (Lipinski definition) is 6. The lowest BCUT2D eigenvalue weighted by atomic mass is 10.2. The minimum Gasteiger partial charge on any atom is -0.353 e. The van der Waals surface area contributed by atoms with E-state index in [9.17, 15) is 8.42 Å². The Morgan fingerprint density at radius 1 is 1.20 bits per heavy atom. The summed E-state index contributed by atoms with van der Waals surface area (Å²) in [5.74, 6) is 2.60. The number of rotatable bonds is 5. The summed E-state index contributed by atoms with van der Waals surface area (Å²) in [4.78, 5) is 11.1. The monoisotopic (exact) mass is 360 g/mol. The smallest absolute Gasteiger partial charge is 0.152 e. The molecule has 25 heavy (non-hydrogen) atoms. The standard InChI is InChI=1S/C18H24N4O2S/c1-4-22(16-9-10-25(23,24)12-16)18-11-17(19-14(3)20-18)21-15-7-5-13(2)6-8-15/h5-8,11,16H,4,9-10,12H2,1-3H3,(H,19,20,21). The molecule has 1 aliphatic rings. The van der Waals surface area contributed by atoms with Crippen molar-refractivity contribution in [1.82, 2.24) is 9.97 Å². The number of hydrogen-bond donors (Lipinski definition) is 1. The van der Waals surface area contributed by atoms with Gasteiger partial charge >= 0.3 is 0 Å². The highest BCUT2D eigenvalue weighted by Gasteiger charge is 2.32. The number of benzene rings is 1. The summed E-state index contributed by atoms with van der Waals surface area (Å²) in [6, 6.07) is 9.97. The number of aromatic nitrogens is 2. The van der Waals surface area contributed by atoms with Crippen molar-refractivity contribution < 1.29 is 8.42 Å². The Kier molecular flexibility index (Phi) is 4.94. The molecule has 0 spiro atoms. The maximum atomic E-state index is 11.8. The van der Waals surface area contributed by atoms with Gasteiger partial charge in [0.2, 0.25) is 0 Å². The topological polar surface area (TPSA) is 75.2 Å². The molecule has 1 saturated heterocycles. The second-order valence-corrected chi connectivity index (χ2v) is 8.72. The average Bonchev–Trinajstić information content (AvgIpc) is 2.90. The van der Waals surface area contributed by atoms with Crippen LogP contribution in [-0.2, 0) is 9.84 Å². The van der Waals surface area contributed by atoms with Crippen LogP contribution in [0.25, 0.3) is 0 Å². The molecule has 1 N–H and O–H groups in total. The number of anilines is 3. The van der Waals surface area contributed by atoms with E-state index in [2.05, 4.69) is 20.2 Å². The molecule has 6 nitrogen and oxygen atoms in total. The number of nitrogens with zero attached hydrogens (tertiary/aromatic N) is 3. The molecule has 0 bridgehead atoms. The maximum absolute atomic E-state index is 11.8. The second kappa shape index (κ2) is 7.00. The molecule has 0 aliphatic carbocycles. The van der Waals surface area contributed by atoms with Crippen molar-refractivity contribution in [3.05, 3.63) is 41.7 Å².